The Morgan fingerprint density at radius 1 is 1.30 bits per heavy atom. The number of hydrogen-bond acceptors (Lipinski definition) is 3. The number of halogens is 3. The van der Waals surface area contributed by atoms with Gasteiger partial charge in [-0.25, -0.2) is 4.98 Å². The number of nitriles is 1. The summed E-state index contributed by atoms with van der Waals surface area (Å²) in [5.74, 6) is 0.0750. The quantitative estimate of drug-likeness (QED) is 0.863. The molecule has 0 bridgehead atoms. The van der Waals surface area contributed by atoms with Crippen LogP contribution in [0.5, 0.6) is 0 Å². The molecule has 0 unspecified atom stereocenters. The third kappa shape index (κ3) is 2.99. The third-order valence-corrected chi connectivity index (χ3v) is 2.88. The van der Waals surface area contributed by atoms with Gasteiger partial charge in [0.15, 0.2) is 0 Å². The van der Waals surface area contributed by atoms with Gasteiger partial charge in [-0.3, -0.25) is 0 Å². The Morgan fingerprint density at radius 2 is 2.00 bits per heavy atom. The fraction of sp³-hybridized carbons (Fsp3) is 0.286. The molecule has 20 heavy (non-hydrogen) atoms. The van der Waals surface area contributed by atoms with Crippen LogP contribution in [0.1, 0.15) is 12.5 Å². The lowest BCUT2D eigenvalue weighted by molar-refractivity contribution is -0.119. The molecule has 2 aromatic rings. The highest BCUT2D eigenvalue weighted by molar-refractivity contribution is 5.83. The number of rotatable bonds is 3. The topological polar surface area (TPSA) is 39.9 Å². The van der Waals surface area contributed by atoms with Crippen molar-refractivity contribution in [3.8, 4) is 6.07 Å². The zero-order valence-electron chi connectivity index (χ0n) is 10.8. The molecule has 2 rings (SSSR count). The summed E-state index contributed by atoms with van der Waals surface area (Å²) in [7, 11) is 0. The standard InChI is InChI=1S/C14H12F3N3/c1-2-20(9-14(15,16)17)13-11(8-18)7-10-5-3-4-6-12(10)19-13/h3-7H,2,9H2,1H3. The van der Waals surface area contributed by atoms with Crippen LogP contribution in [0, 0.1) is 11.3 Å². The maximum absolute atomic E-state index is 12.6. The second-order valence-corrected chi connectivity index (χ2v) is 4.29. The molecule has 6 heteroatoms. The van der Waals surface area contributed by atoms with Gasteiger partial charge in [-0.05, 0) is 19.1 Å². The predicted molar refractivity (Wildman–Crippen MR) is 70.4 cm³/mol. The van der Waals surface area contributed by atoms with E-state index >= 15 is 0 Å². The molecule has 0 amide bonds. The molecule has 0 fully saturated rings. The summed E-state index contributed by atoms with van der Waals surface area (Å²) in [5.41, 5.74) is 0.719. The van der Waals surface area contributed by atoms with E-state index in [9.17, 15) is 13.2 Å². The zero-order chi connectivity index (χ0) is 14.8. The number of benzene rings is 1. The summed E-state index contributed by atoms with van der Waals surface area (Å²) in [4.78, 5) is 5.27. The van der Waals surface area contributed by atoms with Crippen molar-refractivity contribution in [2.45, 2.75) is 13.1 Å². The van der Waals surface area contributed by atoms with Gasteiger partial charge in [0.2, 0.25) is 0 Å². The van der Waals surface area contributed by atoms with Gasteiger partial charge in [-0.15, -0.1) is 0 Å². The summed E-state index contributed by atoms with van der Waals surface area (Å²) in [5, 5.41) is 9.85. The molecular weight excluding hydrogens is 267 g/mol. The minimum Gasteiger partial charge on any atom is -0.347 e. The van der Waals surface area contributed by atoms with E-state index in [1.807, 2.05) is 6.07 Å². The number of fused-ring (bicyclic) bond motifs is 1. The lowest BCUT2D eigenvalue weighted by Crippen LogP contribution is -2.35. The van der Waals surface area contributed by atoms with Crippen LogP contribution in [-0.2, 0) is 0 Å². The molecule has 0 saturated carbocycles. The lowest BCUT2D eigenvalue weighted by Gasteiger charge is -2.24. The molecule has 0 aliphatic rings. The average molecular weight is 279 g/mol. The number of nitrogens with zero attached hydrogens (tertiary/aromatic N) is 3. The van der Waals surface area contributed by atoms with E-state index in [1.54, 1.807) is 37.3 Å². The largest absolute Gasteiger partial charge is 0.405 e. The van der Waals surface area contributed by atoms with Crippen LogP contribution in [0.2, 0.25) is 0 Å². The Labute approximate surface area is 114 Å². The Morgan fingerprint density at radius 3 is 2.60 bits per heavy atom. The molecular formula is C14H12F3N3. The van der Waals surface area contributed by atoms with Crippen LogP contribution in [0.4, 0.5) is 19.0 Å². The fourth-order valence-electron chi connectivity index (χ4n) is 1.98. The predicted octanol–water partition coefficient (Wildman–Crippen LogP) is 3.50. The molecule has 1 aromatic heterocycles. The summed E-state index contributed by atoms with van der Waals surface area (Å²) in [6.45, 7) is 0.604. The molecule has 1 aromatic carbocycles. The summed E-state index contributed by atoms with van der Waals surface area (Å²) >= 11 is 0. The number of hydrogen-bond donors (Lipinski definition) is 0. The first-order valence-corrected chi connectivity index (χ1v) is 6.06. The minimum absolute atomic E-state index is 0.0750. The van der Waals surface area contributed by atoms with Crippen LogP contribution in [0.15, 0.2) is 30.3 Å². The van der Waals surface area contributed by atoms with Gasteiger partial charge in [-0.2, -0.15) is 18.4 Å². The van der Waals surface area contributed by atoms with Gasteiger partial charge in [0.05, 0.1) is 11.1 Å². The van der Waals surface area contributed by atoms with Crippen molar-refractivity contribution >= 4 is 16.7 Å². The first-order chi connectivity index (χ1) is 9.44. The van der Waals surface area contributed by atoms with E-state index in [-0.39, 0.29) is 17.9 Å². The average Bonchev–Trinajstić information content (AvgIpc) is 2.42. The number of anilines is 1. The first kappa shape index (κ1) is 14.1. The molecule has 104 valence electrons. The lowest BCUT2D eigenvalue weighted by atomic mass is 10.1. The van der Waals surface area contributed by atoms with Gasteiger partial charge >= 0.3 is 6.18 Å². The van der Waals surface area contributed by atoms with Crippen molar-refractivity contribution in [2.24, 2.45) is 0 Å². The van der Waals surface area contributed by atoms with E-state index in [4.69, 9.17) is 5.26 Å². The van der Waals surface area contributed by atoms with Crippen molar-refractivity contribution < 1.29 is 13.2 Å². The summed E-state index contributed by atoms with van der Waals surface area (Å²) < 4.78 is 37.7. The van der Waals surface area contributed by atoms with Crippen molar-refractivity contribution in [3.05, 3.63) is 35.9 Å². The van der Waals surface area contributed by atoms with E-state index in [2.05, 4.69) is 4.98 Å². The SMILES string of the molecule is CCN(CC(F)(F)F)c1nc2ccccc2cc1C#N. The minimum atomic E-state index is -4.34. The van der Waals surface area contributed by atoms with Gasteiger partial charge in [-0.1, -0.05) is 18.2 Å². The monoisotopic (exact) mass is 279 g/mol. The molecule has 1 heterocycles. The number of para-hydroxylation sites is 1. The van der Waals surface area contributed by atoms with Crippen molar-refractivity contribution in [1.82, 2.24) is 4.98 Å². The second kappa shape index (κ2) is 5.37. The van der Waals surface area contributed by atoms with Crippen LogP contribution < -0.4 is 4.90 Å². The maximum atomic E-state index is 12.6. The van der Waals surface area contributed by atoms with Gasteiger partial charge in [0.25, 0.3) is 0 Å². The first-order valence-electron chi connectivity index (χ1n) is 6.06. The molecule has 0 radical (unpaired) electrons. The highest BCUT2D eigenvalue weighted by Crippen LogP contribution is 2.26. The maximum Gasteiger partial charge on any atom is 0.405 e. The normalized spacial score (nSPS) is 11.3. The Bertz CT molecular complexity index is 659. The van der Waals surface area contributed by atoms with Gasteiger partial charge < -0.3 is 4.90 Å². The molecule has 0 atom stereocenters. The highest BCUT2D eigenvalue weighted by atomic mass is 19.4. The van der Waals surface area contributed by atoms with Crippen LogP contribution >= 0.6 is 0 Å². The second-order valence-electron chi connectivity index (χ2n) is 4.29. The van der Waals surface area contributed by atoms with Gasteiger partial charge in [0, 0.05) is 11.9 Å². The van der Waals surface area contributed by atoms with Crippen molar-refractivity contribution in [1.29, 1.82) is 5.26 Å². The number of pyridine rings is 1. The summed E-state index contributed by atoms with van der Waals surface area (Å²) in [6.07, 6.45) is -4.34. The zero-order valence-corrected chi connectivity index (χ0v) is 10.8. The van der Waals surface area contributed by atoms with E-state index in [0.29, 0.717) is 5.52 Å². The molecule has 0 aliphatic carbocycles. The third-order valence-electron chi connectivity index (χ3n) is 2.88. The van der Waals surface area contributed by atoms with Crippen LogP contribution in [0.25, 0.3) is 10.9 Å². The van der Waals surface area contributed by atoms with E-state index < -0.39 is 12.7 Å². The molecule has 0 saturated heterocycles. The Hall–Kier alpha value is -2.29. The molecule has 0 aliphatic heterocycles. The summed E-state index contributed by atoms with van der Waals surface area (Å²) in [6, 6.07) is 10.5. The van der Waals surface area contributed by atoms with Crippen molar-refractivity contribution in [2.75, 3.05) is 18.0 Å². The number of alkyl halides is 3. The Kier molecular flexibility index (Phi) is 3.79. The van der Waals surface area contributed by atoms with Crippen molar-refractivity contribution in [3.63, 3.8) is 0 Å². The molecule has 0 spiro atoms. The Balaban J connectivity index is 2.53. The smallest absolute Gasteiger partial charge is 0.347 e. The van der Waals surface area contributed by atoms with Gasteiger partial charge in [0.1, 0.15) is 18.4 Å². The molecule has 3 nitrogen and oxygen atoms in total. The fourth-order valence-corrected chi connectivity index (χ4v) is 1.98. The van der Waals surface area contributed by atoms with E-state index in [1.165, 1.54) is 0 Å². The highest BCUT2D eigenvalue weighted by Gasteiger charge is 2.31. The number of aromatic nitrogens is 1. The van der Waals surface area contributed by atoms with E-state index in [0.717, 1.165) is 10.3 Å². The van der Waals surface area contributed by atoms with Crippen LogP contribution in [0.3, 0.4) is 0 Å². The van der Waals surface area contributed by atoms with Crippen LogP contribution in [-0.4, -0.2) is 24.2 Å². The molecule has 0 N–H and O–H groups in total.